The highest BCUT2D eigenvalue weighted by atomic mass is 79.9. The average Bonchev–Trinajstić information content (AvgIpc) is 2.95. The van der Waals surface area contributed by atoms with E-state index in [4.69, 9.17) is 5.11 Å². The van der Waals surface area contributed by atoms with Crippen LogP contribution in [0.2, 0.25) is 0 Å². The molecule has 3 atom stereocenters. The van der Waals surface area contributed by atoms with Crippen molar-refractivity contribution in [2.45, 2.75) is 45.1 Å². The van der Waals surface area contributed by atoms with Gasteiger partial charge in [-0.2, -0.15) is 0 Å². The van der Waals surface area contributed by atoms with Crippen molar-refractivity contribution >= 4 is 27.8 Å². The number of nitrogens with one attached hydrogen (secondary N) is 1. The zero-order valence-electron chi connectivity index (χ0n) is 12.7. The minimum atomic E-state index is -0.753. The highest BCUT2D eigenvalue weighted by Crippen LogP contribution is 2.27. The molecule has 1 amide bonds. The Bertz CT molecular complexity index is 546. The zero-order valence-corrected chi connectivity index (χ0v) is 14.3. The van der Waals surface area contributed by atoms with Crippen LogP contribution in [0.5, 0.6) is 0 Å². The van der Waals surface area contributed by atoms with E-state index in [9.17, 15) is 9.59 Å². The minimum absolute atomic E-state index is 0.00173. The van der Waals surface area contributed by atoms with Gasteiger partial charge in [0, 0.05) is 16.4 Å². The summed E-state index contributed by atoms with van der Waals surface area (Å²) >= 11 is 3.52. The predicted molar refractivity (Wildman–Crippen MR) is 88.5 cm³/mol. The molecule has 5 heteroatoms. The largest absolute Gasteiger partial charge is 0.481 e. The summed E-state index contributed by atoms with van der Waals surface area (Å²) in [6, 6.07) is 7.94. The zero-order chi connectivity index (χ0) is 16.1. The Morgan fingerprint density at radius 1 is 1.36 bits per heavy atom. The van der Waals surface area contributed by atoms with Crippen molar-refractivity contribution in [2.75, 3.05) is 0 Å². The summed E-state index contributed by atoms with van der Waals surface area (Å²) in [6.07, 6.45) is 3.42. The average molecular weight is 368 g/mol. The lowest BCUT2D eigenvalue weighted by Gasteiger charge is -2.19. The van der Waals surface area contributed by atoms with Gasteiger partial charge in [-0.05, 0) is 43.7 Å². The van der Waals surface area contributed by atoms with E-state index in [2.05, 4.69) is 21.2 Å². The summed E-state index contributed by atoms with van der Waals surface area (Å²) in [4.78, 5) is 23.4. The SMILES string of the molecule is CCC(Cc1ccccc1Br)C(=O)N[C@H]1CC[C@@H](C(=O)O)C1. The van der Waals surface area contributed by atoms with Crippen LogP contribution in [0.3, 0.4) is 0 Å². The maximum atomic E-state index is 12.4. The lowest BCUT2D eigenvalue weighted by atomic mass is 9.95. The van der Waals surface area contributed by atoms with E-state index in [1.807, 2.05) is 31.2 Å². The van der Waals surface area contributed by atoms with E-state index in [-0.39, 0.29) is 23.8 Å². The van der Waals surface area contributed by atoms with Crippen LogP contribution in [0.1, 0.15) is 38.2 Å². The van der Waals surface area contributed by atoms with Gasteiger partial charge in [0.25, 0.3) is 0 Å². The smallest absolute Gasteiger partial charge is 0.306 e. The molecule has 1 unspecified atom stereocenters. The fourth-order valence-corrected chi connectivity index (χ4v) is 3.45. The normalized spacial score (nSPS) is 22.3. The number of carbonyl (C=O) groups excluding carboxylic acids is 1. The lowest BCUT2D eigenvalue weighted by Crippen LogP contribution is -2.38. The third-order valence-corrected chi connectivity index (χ3v) is 5.19. The molecule has 120 valence electrons. The number of amides is 1. The first-order valence-corrected chi connectivity index (χ1v) is 8.57. The van der Waals surface area contributed by atoms with Crippen LogP contribution >= 0.6 is 15.9 Å². The van der Waals surface area contributed by atoms with Crippen molar-refractivity contribution in [1.29, 1.82) is 0 Å². The molecule has 2 N–H and O–H groups in total. The number of carboxylic acids is 1. The van der Waals surface area contributed by atoms with Crippen molar-refractivity contribution in [3.63, 3.8) is 0 Å². The van der Waals surface area contributed by atoms with Gasteiger partial charge in [0.2, 0.25) is 5.91 Å². The van der Waals surface area contributed by atoms with Crippen LogP contribution in [0.15, 0.2) is 28.7 Å². The molecule has 0 saturated heterocycles. The molecular weight excluding hydrogens is 346 g/mol. The molecule has 1 aliphatic rings. The second-order valence-corrected chi connectivity index (χ2v) is 6.81. The quantitative estimate of drug-likeness (QED) is 0.809. The molecule has 22 heavy (non-hydrogen) atoms. The number of benzene rings is 1. The van der Waals surface area contributed by atoms with Crippen molar-refractivity contribution in [3.05, 3.63) is 34.3 Å². The molecule has 0 bridgehead atoms. The van der Waals surface area contributed by atoms with Crippen LogP contribution < -0.4 is 5.32 Å². The Hall–Kier alpha value is -1.36. The van der Waals surface area contributed by atoms with Crippen molar-refractivity contribution < 1.29 is 14.7 Å². The fraction of sp³-hybridized carbons (Fsp3) is 0.529. The number of carboxylic acid groups (broad SMARTS) is 1. The van der Waals surface area contributed by atoms with Gasteiger partial charge < -0.3 is 10.4 Å². The van der Waals surface area contributed by atoms with Gasteiger partial charge in [-0.3, -0.25) is 9.59 Å². The molecule has 0 spiro atoms. The Kier molecular flexibility index (Phi) is 6.00. The first-order valence-electron chi connectivity index (χ1n) is 7.77. The van der Waals surface area contributed by atoms with Gasteiger partial charge in [0.05, 0.1) is 5.92 Å². The van der Waals surface area contributed by atoms with E-state index < -0.39 is 5.97 Å². The van der Waals surface area contributed by atoms with Crippen molar-refractivity contribution in [1.82, 2.24) is 5.32 Å². The Labute approximate surface area is 139 Å². The summed E-state index contributed by atoms with van der Waals surface area (Å²) in [5.74, 6) is -1.11. The summed E-state index contributed by atoms with van der Waals surface area (Å²) < 4.78 is 1.02. The molecule has 1 fully saturated rings. The molecule has 0 radical (unpaired) electrons. The third-order valence-electron chi connectivity index (χ3n) is 4.42. The third kappa shape index (κ3) is 4.32. The van der Waals surface area contributed by atoms with E-state index in [0.29, 0.717) is 19.3 Å². The second kappa shape index (κ2) is 7.77. The number of hydrogen-bond acceptors (Lipinski definition) is 2. The molecule has 1 saturated carbocycles. The van der Waals surface area contributed by atoms with Crippen LogP contribution in [0, 0.1) is 11.8 Å². The van der Waals surface area contributed by atoms with Gasteiger partial charge in [-0.25, -0.2) is 0 Å². The van der Waals surface area contributed by atoms with Gasteiger partial charge in [-0.15, -0.1) is 0 Å². The number of halogens is 1. The molecule has 4 nitrogen and oxygen atoms in total. The summed E-state index contributed by atoms with van der Waals surface area (Å²) in [5, 5.41) is 12.1. The lowest BCUT2D eigenvalue weighted by molar-refractivity contribution is -0.141. The van der Waals surface area contributed by atoms with E-state index in [1.54, 1.807) is 0 Å². The number of aliphatic carboxylic acids is 1. The standard InChI is InChI=1S/C17H22BrNO3/c1-2-11(9-12-5-3-4-6-15(12)18)16(20)19-14-8-7-13(10-14)17(21)22/h3-6,11,13-14H,2,7-10H2,1H3,(H,19,20)(H,21,22)/t11?,13-,14+/m1/s1. The molecular formula is C17H22BrNO3. The summed E-state index contributed by atoms with van der Waals surface area (Å²) in [7, 11) is 0. The molecule has 2 rings (SSSR count). The number of rotatable bonds is 6. The molecule has 1 aliphatic carbocycles. The highest BCUT2D eigenvalue weighted by Gasteiger charge is 2.31. The molecule has 0 aliphatic heterocycles. The number of carbonyl (C=O) groups is 2. The van der Waals surface area contributed by atoms with Crippen LogP contribution in [-0.4, -0.2) is 23.0 Å². The monoisotopic (exact) mass is 367 g/mol. The number of hydrogen-bond donors (Lipinski definition) is 2. The Morgan fingerprint density at radius 2 is 2.09 bits per heavy atom. The van der Waals surface area contributed by atoms with Gasteiger partial charge >= 0.3 is 5.97 Å². The second-order valence-electron chi connectivity index (χ2n) is 5.95. The molecule has 0 heterocycles. The maximum absolute atomic E-state index is 12.4. The van der Waals surface area contributed by atoms with Gasteiger partial charge in [-0.1, -0.05) is 41.1 Å². The summed E-state index contributed by atoms with van der Waals surface area (Å²) in [5.41, 5.74) is 1.12. The fourth-order valence-electron chi connectivity index (χ4n) is 3.01. The van der Waals surface area contributed by atoms with Crippen molar-refractivity contribution in [3.8, 4) is 0 Å². The Morgan fingerprint density at radius 3 is 2.68 bits per heavy atom. The van der Waals surface area contributed by atoms with E-state index >= 15 is 0 Å². The topological polar surface area (TPSA) is 66.4 Å². The maximum Gasteiger partial charge on any atom is 0.306 e. The molecule has 1 aromatic carbocycles. The first-order chi connectivity index (χ1) is 10.5. The first kappa shape index (κ1) is 17.0. The predicted octanol–water partition coefficient (Wildman–Crippen LogP) is 3.39. The van der Waals surface area contributed by atoms with Crippen molar-refractivity contribution in [2.24, 2.45) is 11.8 Å². The van der Waals surface area contributed by atoms with E-state index in [0.717, 1.165) is 22.9 Å². The Balaban J connectivity index is 1.92. The molecule has 0 aromatic heterocycles. The summed E-state index contributed by atoms with van der Waals surface area (Å²) in [6.45, 7) is 2.01. The molecule has 1 aromatic rings. The minimum Gasteiger partial charge on any atom is -0.481 e. The van der Waals surface area contributed by atoms with Gasteiger partial charge in [0.1, 0.15) is 0 Å². The van der Waals surface area contributed by atoms with Gasteiger partial charge in [0.15, 0.2) is 0 Å². The van der Waals surface area contributed by atoms with Crippen LogP contribution in [0.25, 0.3) is 0 Å². The highest BCUT2D eigenvalue weighted by molar-refractivity contribution is 9.10. The van der Waals surface area contributed by atoms with E-state index in [1.165, 1.54) is 0 Å². The van der Waals surface area contributed by atoms with Crippen LogP contribution in [0.4, 0.5) is 0 Å². The van der Waals surface area contributed by atoms with Crippen LogP contribution in [-0.2, 0) is 16.0 Å².